The summed E-state index contributed by atoms with van der Waals surface area (Å²) in [6.45, 7) is 7.78. The van der Waals surface area contributed by atoms with E-state index in [9.17, 15) is 61.3 Å². The summed E-state index contributed by atoms with van der Waals surface area (Å²) in [4.78, 5) is 0. The van der Waals surface area contributed by atoms with Crippen molar-refractivity contribution >= 4 is 0 Å². The largest absolute Gasteiger partial charge is 0.394 e. The Bertz CT molecular complexity index is 839. The minimum Gasteiger partial charge on any atom is -0.394 e. The second-order valence-electron chi connectivity index (χ2n) is 13.0. The van der Waals surface area contributed by atoms with E-state index in [1.807, 2.05) is 13.8 Å². The lowest BCUT2D eigenvalue weighted by Crippen LogP contribution is -2.60. The Labute approximate surface area is 316 Å². The molecule has 20 heteroatoms. The van der Waals surface area contributed by atoms with Gasteiger partial charge in [-0.15, -0.1) is 0 Å². The highest BCUT2D eigenvalue weighted by atomic mass is 16.6. The molecule has 0 aromatic carbocycles. The van der Waals surface area contributed by atoms with Crippen molar-refractivity contribution in [3.05, 3.63) is 0 Å². The van der Waals surface area contributed by atoms with Crippen LogP contribution in [-0.2, 0) is 23.7 Å². The zero-order chi connectivity index (χ0) is 40.7. The van der Waals surface area contributed by atoms with Crippen LogP contribution < -0.4 is 0 Å². The van der Waals surface area contributed by atoms with E-state index in [0.717, 1.165) is 0 Å². The molecule has 0 radical (unpaired) electrons. The van der Waals surface area contributed by atoms with Gasteiger partial charge >= 0.3 is 0 Å². The molecule has 4 aliphatic heterocycles. The molecule has 4 saturated heterocycles. The zero-order valence-electron chi connectivity index (χ0n) is 31.0. The van der Waals surface area contributed by atoms with Crippen LogP contribution in [0.5, 0.6) is 0 Å². The molecule has 20 nitrogen and oxygen atoms in total. The van der Waals surface area contributed by atoms with Crippen LogP contribution >= 0.6 is 0 Å². The molecule has 4 rings (SSSR count). The first-order valence-electron chi connectivity index (χ1n) is 18.2. The van der Waals surface area contributed by atoms with E-state index < -0.39 is 129 Å². The summed E-state index contributed by atoms with van der Waals surface area (Å²) in [6, 6.07) is 0. The molecular formula is C34H70O20. The Morgan fingerprint density at radius 2 is 0.519 bits per heavy atom. The molecule has 0 bridgehead atoms. The summed E-state index contributed by atoms with van der Waals surface area (Å²) >= 11 is 0. The Morgan fingerprint density at radius 3 is 0.741 bits per heavy atom. The van der Waals surface area contributed by atoms with Crippen LogP contribution in [0.25, 0.3) is 0 Å². The summed E-state index contributed by atoms with van der Waals surface area (Å²) in [6.07, 6.45) is -20.0. The number of aliphatic hydroxyl groups is 15. The molecule has 0 aromatic rings. The van der Waals surface area contributed by atoms with E-state index in [1.165, 1.54) is 0 Å². The number of hydrogen-bond donors (Lipinski definition) is 15. The molecule has 4 aliphatic rings. The minimum absolute atomic E-state index is 0. The summed E-state index contributed by atoms with van der Waals surface area (Å²) in [5, 5.41) is 142. The molecule has 20 atom stereocenters. The van der Waals surface area contributed by atoms with Gasteiger partial charge in [0.05, 0.1) is 51.3 Å². The van der Waals surface area contributed by atoms with Gasteiger partial charge in [-0.3, -0.25) is 0 Å². The van der Waals surface area contributed by atoms with Gasteiger partial charge in [-0.1, -0.05) is 42.0 Å². The summed E-state index contributed by atoms with van der Waals surface area (Å²) in [5.41, 5.74) is 0. The molecule has 4 heterocycles. The predicted molar refractivity (Wildman–Crippen MR) is 188 cm³/mol. The lowest BCUT2D eigenvalue weighted by Gasteiger charge is -2.41. The molecule has 0 aliphatic carbocycles. The van der Waals surface area contributed by atoms with Crippen LogP contribution in [0.15, 0.2) is 0 Å². The van der Waals surface area contributed by atoms with E-state index in [1.54, 1.807) is 20.8 Å². The summed E-state index contributed by atoms with van der Waals surface area (Å²) in [7, 11) is 0. The lowest BCUT2D eigenvalue weighted by molar-refractivity contribution is -0.251. The highest BCUT2D eigenvalue weighted by molar-refractivity contribution is 4.94. The van der Waals surface area contributed by atoms with Gasteiger partial charge < -0.3 is 100 Å². The van der Waals surface area contributed by atoms with Crippen molar-refractivity contribution in [1.82, 2.24) is 0 Å². The SMILES string of the molecule is C.CC.CCC1OC(CO)C(O)C(O)C1O.CCC1OC(CO)C(O)C(O)C1O.CCC1OC(COCC2OC(CO)C(O)C(O)C2O)C(O)C(O)C1O. The fourth-order valence-corrected chi connectivity index (χ4v) is 6.15. The zero-order valence-corrected chi connectivity index (χ0v) is 31.0. The van der Waals surface area contributed by atoms with Crippen LogP contribution in [0.2, 0.25) is 0 Å². The van der Waals surface area contributed by atoms with Crippen LogP contribution in [0.1, 0.15) is 61.3 Å². The second-order valence-corrected chi connectivity index (χ2v) is 13.0. The Balaban J connectivity index is 0.000000821. The van der Waals surface area contributed by atoms with E-state index >= 15 is 0 Å². The third-order valence-electron chi connectivity index (χ3n) is 9.56. The fraction of sp³-hybridized carbons (Fsp3) is 1.00. The first-order chi connectivity index (χ1) is 25.0. The number of aliphatic hydroxyl groups excluding tert-OH is 15. The quantitative estimate of drug-likeness (QED) is 0.0979. The lowest BCUT2D eigenvalue weighted by atomic mass is 9.94. The maximum Gasteiger partial charge on any atom is 0.111 e. The molecule has 54 heavy (non-hydrogen) atoms. The Hall–Kier alpha value is -0.800. The van der Waals surface area contributed by atoms with Gasteiger partial charge in [-0.05, 0) is 19.3 Å². The van der Waals surface area contributed by atoms with Gasteiger partial charge in [0.1, 0.15) is 104 Å². The Kier molecular flexibility index (Phi) is 25.9. The topological polar surface area (TPSA) is 350 Å². The van der Waals surface area contributed by atoms with Gasteiger partial charge in [0, 0.05) is 0 Å². The van der Waals surface area contributed by atoms with Crippen LogP contribution in [0.4, 0.5) is 0 Å². The van der Waals surface area contributed by atoms with E-state index in [2.05, 4.69) is 0 Å². The van der Waals surface area contributed by atoms with Gasteiger partial charge in [0.25, 0.3) is 0 Å². The van der Waals surface area contributed by atoms with Crippen LogP contribution in [0, 0.1) is 0 Å². The maximum absolute atomic E-state index is 9.97. The predicted octanol–water partition coefficient (Wildman–Crippen LogP) is -5.75. The van der Waals surface area contributed by atoms with Crippen molar-refractivity contribution in [2.24, 2.45) is 0 Å². The second kappa shape index (κ2) is 26.3. The standard InChI is InChI=1S/C15H28O10.2C8H16O5.C2H6.CH4/c1-2-6-10(17)14(21)12(19)8(24-6)4-23-5-9-13(20)15(22)11(18)7(3-16)25-9;2*1-2-4-6(10)8(12)7(11)5(3-9)13-4;1-2;/h6-22H,2-5H2,1H3;2*4-12H,2-3H2,1H3;1-2H3;1H4. The monoisotopic (exact) mass is 798 g/mol. The maximum atomic E-state index is 9.97. The molecule has 0 spiro atoms. The molecular weight excluding hydrogens is 728 g/mol. The first kappa shape index (κ1) is 53.2. The van der Waals surface area contributed by atoms with Crippen molar-refractivity contribution in [3.8, 4) is 0 Å². The highest BCUT2D eigenvalue weighted by Crippen LogP contribution is 2.26. The average Bonchev–Trinajstić information content (AvgIpc) is 3.17. The third-order valence-corrected chi connectivity index (χ3v) is 9.56. The van der Waals surface area contributed by atoms with Gasteiger partial charge in [0.2, 0.25) is 0 Å². The normalized spacial score (nSPS) is 44.9. The number of ether oxygens (including phenoxy) is 5. The third kappa shape index (κ3) is 13.7. The van der Waals surface area contributed by atoms with E-state index in [4.69, 9.17) is 39.0 Å². The van der Waals surface area contributed by atoms with Crippen molar-refractivity contribution in [2.45, 2.75) is 183 Å². The van der Waals surface area contributed by atoms with Gasteiger partial charge in [0.15, 0.2) is 0 Å². The van der Waals surface area contributed by atoms with Crippen molar-refractivity contribution < 1.29 is 100 Å². The van der Waals surface area contributed by atoms with E-state index in [-0.39, 0.29) is 33.9 Å². The average molecular weight is 799 g/mol. The molecule has 15 N–H and O–H groups in total. The number of hydrogen-bond acceptors (Lipinski definition) is 20. The molecule has 326 valence electrons. The summed E-state index contributed by atoms with van der Waals surface area (Å²) in [5.74, 6) is 0. The van der Waals surface area contributed by atoms with Gasteiger partial charge in [-0.25, -0.2) is 0 Å². The smallest absolute Gasteiger partial charge is 0.111 e. The Morgan fingerprint density at radius 1 is 0.333 bits per heavy atom. The van der Waals surface area contributed by atoms with Crippen molar-refractivity contribution in [3.63, 3.8) is 0 Å². The van der Waals surface area contributed by atoms with E-state index in [0.29, 0.717) is 19.3 Å². The number of rotatable bonds is 10. The molecule has 0 amide bonds. The molecule has 0 aromatic heterocycles. The highest BCUT2D eigenvalue weighted by Gasteiger charge is 2.46. The molecule has 4 fully saturated rings. The van der Waals surface area contributed by atoms with Crippen LogP contribution in [0.3, 0.4) is 0 Å². The van der Waals surface area contributed by atoms with Crippen molar-refractivity contribution in [2.75, 3.05) is 33.0 Å². The van der Waals surface area contributed by atoms with Crippen LogP contribution in [-0.4, -0.2) is 232 Å². The van der Waals surface area contributed by atoms with Gasteiger partial charge in [-0.2, -0.15) is 0 Å². The minimum atomic E-state index is -1.49. The molecule has 0 saturated carbocycles. The summed E-state index contributed by atoms with van der Waals surface area (Å²) < 4.78 is 26.5. The first-order valence-corrected chi connectivity index (χ1v) is 18.2. The fourth-order valence-electron chi connectivity index (χ4n) is 6.15. The van der Waals surface area contributed by atoms with Crippen molar-refractivity contribution in [1.29, 1.82) is 0 Å². The molecule has 20 unspecified atom stereocenters.